The van der Waals surface area contributed by atoms with E-state index < -0.39 is 0 Å². The van der Waals surface area contributed by atoms with Crippen LogP contribution in [0.2, 0.25) is 0 Å². The zero-order chi connectivity index (χ0) is 18.2. The summed E-state index contributed by atoms with van der Waals surface area (Å²) in [7, 11) is 0. The molecule has 2 aromatic heterocycles. The molecule has 0 saturated carbocycles. The summed E-state index contributed by atoms with van der Waals surface area (Å²) >= 11 is 3.57. The molecule has 136 valence electrons. The van der Waals surface area contributed by atoms with Gasteiger partial charge in [0.05, 0.1) is 16.8 Å². The second-order valence-electron chi connectivity index (χ2n) is 5.54. The fourth-order valence-electron chi connectivity index (χ4n) is 2.37. The summed E-state index contributed by atoms with van der Waals surface area (Å²) in [5.74, 6) is 0.778. The average molecular weight is 418 g/mol. The van der Waals surface area contributed by atoms with E-state index in [2.05, 4.69) is 26.0 Å². The van der Waals surface area contributed by atoms with Crippen LogP contribution in [0.1, 0.15) is 6.42 Å². The fraction of sp³-hybridized carbons (Fsp3) is 0.263. The van der Waals surface area contributed by atoms with Gasteiger partial charge in [-0.25, -0.2) is 4.68 Å². The van der Waals surface area contributed by atoms with Gasteiger partial charge in [-0.1, -0.05) is 0 Å². The third kappa shape index (κ3) is 4.91. The summed E-state index contributed by atoms with van der Waals surface area (Å²) in [4.78, 5) is 4.04. The summed E-state index contributed by atoms with van der Waals surface area (Å²) in [6.45, 7) is 1.68. The molecule has 0 aliphatic heterocycles. The molecule has 0 aliphatic rings. The molecule has 0 bridgehead atoms. The highest BCUT2D eigenvalue weighted by Gasteiger charge is 2.10. The fourth-order valence-corrected chi connectivity index (χ4v) is 2.87. The summed E-state index contributed by atoms with van der Waals surface area (Å²) in [6, 6.07) is 11.6. The van der Waals surface area contributed by atoms with Crippen molar-refractivity contribution in [3.05, 3.63) is 59.5 Å². The highest BCUT2D eigenvalue weighted by Crippen LogP contribution is 2.27. The Balaban J connectivity index is 1.60. The van der Waals surface area contributed by atoms with E-state index in [0.717, 1.165) is 27.2 Å². The van der Waals surface area contributed by atoms with Crippen LogP contribution in [-0.4, -0.2) is 46.3 Å². The van der Waals surface area contributed by atoms with Crippen molar-refractivity contribution in [1.82, 2.24) is 14.8 Å². The molecule has 3 rings (SSSR count). The Morgan fingerprint density at radius 2 is 1.77 bits per heavy atom. The van der Waals surface area contributed by atoms with E-state index in [1.165, 1.54) is 0 Å². The monoisotopic (exact) mass is 417 g/mol. The number of hydrogen-bond acceptors (Lipinski definition) is 5. The lowest BCUT2D eigenvalue weighted by Crippen LogP contribution is -2.08. The molecule has 0 aliphatic carbocycles. The first-order valence-corrected chi connectivity index (χ1v) is 9.14. The maximum atomic E-state index is 8.68. The summed E-state index contributed by atoms with van der Waals surface area (Å²) in [6.07, 6.45) is 6.08. The van der Waals surface area contributed by atoms with E-state index >= 15 is 0 Å². The van der Waals surface area contributed by atoms with Crippen LogP contribution in [0.25, 0.3) is 16.9 Å². The summed E-state index contributed by atoms with van der Waals surface area (Å²) in [5, 5.41) is 13.3. The normalized spacial score (nSPS) is 10.8. The summed E-state index contributed by atoms with van der Waals surface area (Å²) < 4.78 is 13.7. The molecule has 0 unspecified atom stereocenters. The minimum Gasteiger partial charge on any atom is -0.491 e. The molecule has 0 fully saturated rings. The van der Waals surface area contributed by atoms with E-state index in [9.17, 15) is 0 Å². The number of aliphatic hydroxyl groups is 1. The van der Waals surface area contributed by atoms with Crippen LogP contribution in [0.3, 0.4) is 0 Å². The van der Waals surface area contributed by atoms with Crippen LogP contribution in [0, 0.1) is 0 Å². The van der Waals surface area contributed by atoms with Crippen molar-refractivity contribution in [1.29, 1.82) is 0 Å². The van der Waals surface area contributed by atoms with Crippen LogP contribution in [-0.2, 0) is 4.74 Å². The molecule has 2 heterocycles. The van der Waals surface area contributed by atoms with Crippen molar-refractivity contribution in [2.45, 2.75) is 6.42 Å². The molecule has 0 saturated heterocycles. The predicted molar refractivity (Wildman–Crippen MR) is 103 cm³/mol. The number of pyridine rings is 1. The molecule has 0 atom stereocenters. The molecule has 0 amide bonds. The number of ether oxygens (including phenoxy) is 2. The highest BCUT2D eigenvalue weighted by molar-refractivity contribution is 9.10. The van der Waals surface area contributed by atoms with Crippen LogP contribution >= 0.6 is 15.9 Å². The van der Waals surface area contributed by atoms with Gasteiger partial charge in [-0.15, -0.1) is 0 Å². The van der Waals surface area contributed by atoms with Gasteiger partial charge in [0, 0.05) is 37.4 Å². The SMILES string of the molecule is OCCCOCCOc1ccc(-n2cc(Br)c(-c3ccncc3)n2)cc1. The topological polar surface area (TPSA) is 69.4 Å². The number of nitrogens with zero attached hydrogens (tertiary/aromatic N) is 3. The van der Waals surface area contributed by atoms with E-state index in [1.54, 1.807) is 12.4 Å². The van der Waals surface area contributed by atoms with E-state index in [4.69, 9.17) is 14.6 Å². The van der Waals surface area contributed by atoms with E-state index in [0.29, 0.717) is 26.2 Å². The second kappa shape index (κ2) is 9.47. The Morgan fingerprint density at radius 1 is 1.00 bits per heavy atom. The van der Waals surface area contributed by atoms with Crippen LogP contribution in [0.15, 0.2) is 59.5 Å². The standard InChI is InChI=1S/C19H20BrN3O3/c20-18-14-23(22-19(18)15-6-8-21-9-7-15)16-2-4-17(5-3-16)26-13-12-25-11-1-10-24/h2-9,14,24H,1,10-13H2. The molecule has 1 N–H and O–H groups in total. The van der Waals surface area contributed by atoms with Crippen molar-refractivity contribution < 1.29 is 14.6 Å². The lowest BCUT2D eigenvalue weighted by molar-refractivity contribution is 0.0883. The van der Waals surface area contributed by atoms with Crippen LogP contribution in [0.4, 0.5) is 0 Å². The van der Waals surface area contributed by atoms with Gasteiger partial charge < -0.3 is 14.6 Å². The molecule has 0 radical (unpaired) electrons. The first kappa shape index (κ1) is 18.6. The van der Waals surface area contributed by atoms with Crippen molar-refractivity contribution in [3.8, 4) is 22.7 Å². The number of benzene rings is 1. The van der Waals surface area contributed by atoms with Gasteiger partial charge in [0.15, 0.2) is 0 Å². The largest absolute Gasteiger partial charge is 0.491 e. The average Bonchev–Trinajstić information content (AvgIpc) is 3.07. The lowest BCUT2D eigenvalue weighted by Gasteiger charge is -2.08. The minimum atomic E-state index is 0.148. The zero-order valence-electron chi connectivity index (χ0n) is 14.2. The molecule has 1 aromatic carbocycles. The minimum absolute atomic E-state index is 0.148. The van der Waals surface area contributed by atoms with Gasteiger partial charge >= 0.3 is 0 Å². The Bertz CT molecular complexity index is 807. The van der Waals surface area contributed by atoms with Gasteiger partial charge in [0.25, 0.3) is 0 Å². The molecular formula is C19H20BrN3O3. The van der Waals surface area contributed by atoms with Crippen molar-refractivity contribution >= 4 is 15.9 Å². The maximum absolute atomic E-state index is 8.68. The van der Waals surface area contributed by atoms with Gasteiger partial charge in [-0.2, -0.15) is 5.10 Å². The Hall–Kier alpha value is -2.22. The number of aliphatic hydroxyl groups excluding tert-OH is 1. The zero-order valence-corrected chi connectivity index (χ0v) is 15.8. The molecule has 0 spiro atoms. The third-order valence-corrected chi connectivity index (χ3v) is 4.25. The van der Waals surface area contributed by atoms with Crippen molar-refractivity contribution in [2.75, 3.05) is 26.4 Å². The Kier molecular flexibility index (Phi) is 6.76. The Morgan fingerprint density at radius 3 is 2.50 bits per heavy atom. The summed E-state index contributed by atoms with van der Waals surface area (Å²) in [5.41, 5.74) is 2.82. The molecule has 7 heteroatoms. The third-order valence-electron chi connectivity index (χ3n) is 3.67. The van der Waals surface area contributed by atoms with Crippen LogP contribution < -0.4 is 4.74 Å². The number of aromatic nitrogens is 3. The predicted octanol–water partition coefficient (Wildman–Crippen LogP) is 3.47. The quantitative estimate of drug-likeness (QED) is 0.539. The number of halogens is 1. The Labute approximate surface area is 160 Å². The van der Waals surface area contributed by atoms with Crippen LogP contribution in [0.5, 0.6) is 5.75 Å². The van der Waals surface area contributed by atoms with Gasteiger partial charge in [-0.05, 0) is 58.7 Å². The van der Waals surface area contributed by atoms with E-state index in [1.807, 2.05) is 47.3 Å². The molecule has 26 heavy (non-hydrogen) atoms. The first-order valence-electron chi connectivity index (χ1n) is 8.35. The second-order valence-corrected chi connectivity index (χ2v) is 6.39. The lowest BCUT2D eigenvalue weighted by atomic mass is 10.2. The molecule has 3 aromatic rings. The first-order chi connectivity index (χ1) is 12.8. The number of hydrogen-bond donors (Lipinski definition) is 1. The van der Waals surface area contributed by atoms with Crippen molar-refractivity contribution in [2.24, 2.45) is 0 Å². The van der Waals surface area contributed by atoms with E-state index in [-0.39, 0.29) is 6.61 Å². The smallest absolute Gasteiger partial charge is 0.119 e. The maximum Gasteiger partial charge on any atom is 0.119 e. The number of rotatable bonds is 9. The van der Waals surface area contributed by atoms with Gasteiger partial charge in [0.1, 0.15) is 18.1 Å². The van der Waals surface area contributed by atoms with Crippen molar-refractivity contribution in [3.63, 3.8) is 0 Å². The molecule has 6 nitrogen and oxygen atoms in total. The molecular weight excluding hydrogens is 398 g/mol. The highest BCUT2D eigenvalue weighted by atomic mass is 79.9. The van der Waals surface area contributed by atoms with Gasteiger partial charge in [-0.3, -0.25) is 4.98 Å². The van der Waals surface area contributed by atoms with Gasteiger partial charge in [0.2, 0.25) is 0 Å².